The summed E-state index contributed by atoms with van der Waals surface area (Å²) in [6.45, 7) is 4.08. The number of alkyl halides is 3. The molecule has 2 atom stereocenters. The van der Waals surface area contributed by atoms with Crippen molar-refractivity contribution in [2.75, 3.05) is 12.8 Å². The molecule has 0 bridgehead atoms. The van der Waals surface area contributed by atoms with Gasteiger partial charge in [0.05, 0.1) is 10.8 Å². The van der Waals surface area contributed by atoms with E-state index >= 15 is 0 Å². The fraction of sp³-hybridized carbons (Fsp3) is 0.571. The van der Waals surface area contributed by atoms with Crippen molar-refractivity contribution in [2.45, 2.75) is 37.7 Å². The second-order valence-electron chi connectivity index (χ2n) is 5.09. The monoisotopic (exact) mass is 323 g/mol. The molecule has 1 rings (SSSR count). The zero-order valence-electron chi connectivity index (χ0n) is 12.2. The van der Waals surface area contributed by atoms with Gasteiger partial charge in [-0.3, -0.25) is 0 Å². The standard InChI is InChI=1S/C14H20F3NO2S/c1-4-9-18-13(10(2)21(3,19)20)11-5-7-12(8-6-11)14(15,16)17/h5-8,10,13,18H,4,9H2,1-3H3. The fourth-order valence-electron chi connectivity index (χ4n) is 1.98. The molecule has 7 heteroatoms. The Morgan fingerprint density at radius 1 is 1.19 bits per heavy atom. The fourth-order valence-corrected chi connectivity index (χ4v) is 2.73. The second-order valence-corrected chi connectivity index (χ2v) is 7.49. The lowest BCUT2D eigenvalue weighted by Gasteiger charge is -2.24. The lowest BCUT2D eigenvalue weighted by atomic mass is 10.0. The van der Waals surface area contributed by atoms with Gasteiger partial charge in [0.15, 0.2) is 9.84 Å². The van der Waals surface area contributed by atoms with Crippen molar-refractivity contribution < 1.29 is 21.6 Å². The highest BCUT2D eigenvalue weighted by Crippen LogP contribution is 2.31. The number of nitrogens with one attached hydrogen (secondary N) is 1. The van der Waals surface area contributed by atoms with Crippen LogP contribution in [0.3, 0.4) is 0 Å². The summed E-state index contributed by atoms with van der Waals surface area (Å²) in [7, 11) is -3.30. The third kappa shape index (κ3) is 5.00. The van der Waals surface area contributed by atoms with Gasteiger partial charge in [0.2, 0.25) is 0 Å². The Bertz CT molecular complexity index is 553. The van der Waals surface area contributed by atoms with Gasteiger partial charge in [0, 0.05) is 12.3 Å². The van der Waals surface area contributed by atoms with Gasteiger partial charge in [-0.25, -0.2) is 8.42 Å². The highest BCUT2D eigenvalue weighted by atomic mass is 32.2. The Balaban J connectivity index is 3.09. The maximum absolute atomic E-state index is 12.6. The van der Waals surface area contributed by atoms with Crippen molar-refractivity contribution >= 4 is 9.84 Å². The Kier molecular flexibility index (Phi) is 5.81. The molecule has 120 valence electrons. The average molecular weight is 323 g/mol. The molecule has 0 heterocycles. The number of rotatable bonds is 6. The van der Waals surface area contributed by atoms with Crippen LogP contribution in [0, 0.1) is 0 Å². The van der Waals surface area contributed by atoms with Gasteiger partial charge in [0.1, 0.15) is 0 Å². The zero-order chi connectivity index (χ0) is 16.3. The minimum Gasteiger partial charge on any atom is -0.309 e. The maximum Gasteiger partial charge on any atom is 0.416 e. The molecular weight excluding hydrogens is 303 g/mol. The summed E-state index contributed by atoms with van der Waals surface area (Å²) in [5.41, 5.74) is -0.207. The van der Waals surface area contributed by atoms with Crippen LogP contribution in [0.2, 0.25) is 0 Å². The summed E-state index contributed by atoms with van der Waals surface area (Å²) < 4.78 is 61.1. The molecule has 0 aliphatic heterocycles. The lowest BCUT2D eigenvalue weighted by Crippen LogP contribution is -2.35. The summed E-state index contributed by atoms with van der Waals surface area (Å²) in [6, 6.07) is 4.09. The highest BCUT2D eigenvalue weighted by Gasteiger charge is 2.31. The largest absolute Gasteiger partial charge is 0.416 e. The molecule has 0 amide bonds. The molecule has 0 spiro atoms. The van der Waals surface area contributed by atoms with E-state index in [0.717, 1.165) is 24.8 Å². The van der Waals surface area contributed by atoms with Crippen LogP contribution in [0.25, 0.3) is 0 Å². The Labute approximate surface area is 123 Å². The predicted molar refractivity (Wildman–Crippen MR) is 76.8 cm³/mol. The first-order valence-corrected chi connectivity index (χ1v) is 8.62. The third-order valence-corrected chi connectivity index (χ3v) is 4.98. The van der Waals surface area contributed by atoms with E-state index in [1.165, 1.54) is 12.1 Å². The average Bonchev–Trinajstić information content (AvgIpc) is 2.37. The molecule has 0 aliphatic carbocycles. The first-order valence-electron chi connectivity index (χ1n) is 6.66. The van der Waals surface area contributed by atoms with Crippen LogP contribution in [0.1, 0.15) is 37.4 Å². The van der Waals surface area contributed by atoms with Gasteiger partial charge in [-0.1, -0.05) is 19.1 Å². The minimum atomic E-state index is -4.40. The molecule has 0 aromatic heterocycles. The van der Waals surface area contributed by atoms with Crippen LogP contribution in [0.15, 0.2) is 24.3 Å². The van der Waals surface area contributed by atoms with Crippen molar-refractivity contribution in [1.82, 2.24) is 5.32 Å². The van der Waals surface area contributed by atoms with Gasteiger partial charge >= 0.3 is 6.18 Å². The van der Waals surface area contributed by atoms with E-state index < -0.39 is 32.9 Å². The summed E-state index contributed by atoms with van der Waals surface area (Å²) in [6.07, 6.45) is -2.47. The van der Waals surface area contributed by atoms with Gasteiger partial charge in [-0.2, -0.15) is 13.2 Å². The first-order chi connectivity index (χ1) is 9.57. The van der Waals surface area contributed by atoms with Crippen molar-refractivity contribution in [3.8, 4) is 0 Å². The van der Waals surface area contributed by atoms with E-state index in [9.17, 15) is 21.6 Å². The summed E-state index contributed by atoms with van der Waals surface area (Å²) >= 11 is 0. The Morgan fingerprint density at radius 2 is 1.71 bits per heavy atom. The molecule has 2 unspecified atom stereocenters. The molecule has 0 saturated heterocycles. The van der Waals surface area contributed by atoms with E-state index in [2.05, 4.69) is 5.32 Å². The molecule has 1 aromatic rings. The Morgan fingerprint density at radius 3 is 2.10 bits per heavy atom. The normalized spacial score (nSPS) is 15.7. The number of hydrogen-bond donors (Lipinski definition) is 1. The summed E-state index contributed by atoms with van der Waals surface area (Å²) in [4.78, 5) is 0. The topological polar surface area (TPSA) is 46.2 Å². The minimum absolute atomic E-state index is 0.526. The SMILES string of the molecule is CCCNC(c1ccc(C(F)(F)F)cc1)C(C)S(C)(=O)=O. The first kappa shape index (κ1) is 18.0. The third-order valence-electron chi connectivity index (χ3n) is 3.36. The van der Waals surface area contributed by atoms with Gasteiger partial charge in [0.25, 0.3) is 0 Å². The molecule has 0 saturated carbocycles. The molecule has 3 nitrogen and oxygen atoms in total. The van der Waals surface area contributed by atoms with Gasteiger partial charge in [-0.05, 0) is 37.6 Å². The Hall–Kier alpha value is -1.08. The van der Waals surface area contributed by atoms with E-state index in [1.54, 1.807) is 6.92 Å². The second kappa shape index (κ2) is 6.79. The van der Waals surface area contributed by atoms with Crippen molar-refractivity contribution in [3.63, 3.8) is 0 Å². The highest BCUT2D eigenvalue weighted by molar-refractivity contribution is 7.91. The van der Waals surface area contributed by atoms with Crippen molar-refractivity contribution in [2.24, 2.45) is 0 Å². The lowest BCUT2D eigenvalue weighted by molar-refractivity contribution is -0.137. The molecular formula is C14H20F3NO2S. The van der Waals surface area contributed by atoms with E-state index in [1.807, 2.05) is 6.92 Å². The van der Waals surface area contributed by atoms with Crippen LogP contribution in [0.5, 0.6) is 0 Å². The summed E-state index contributed by atoms with van der Waals surface area (Å²) in [5.74, 6) is 0. The number of halogens is 3. The molecule has 0 fully saturated rings. The van der Waals surface area contributed by atoms with Gasteiger partial charge in [-0.15, -0.1) is 0 Å². The number of sulfone groups is 1. The van der Waals surface area contributed by atoms with Crippen molar-refractivity contribution in [1.29, 1.82) is 0 Å². The zero-order valence-corrected chi connectivity index (χ0v) is 13.1. The number of benzene rings is 1. The van der Waals surface area contributed by atoms with Crippen molar-refractivity contribution in [3.05, 3.63) is 35.4 Å². The van der Waals surface area contributed by atoms with E-state index in [0.29, 0.717) is 12.1 Å². The molecule has 1 N–H and O–H groups in total. The molecule has 0 radical (unpaired) electrons. The molecule has 0 aliphatic rings. The summed E-state index contributed by atoms with van der Waals surface area (Å²) in [5, 5.41) is 2.37. The van der Waals surface area contributed by atoms with E-state index in [-0.39, 0.29) is 0 Å². The van der Waals surface area contributed by atoms with Crippen LogP contribution in [-0.2, 0) is 16.0 Å². The maximum atomic E-state index is 12.6. The quantitative estimate of drug-likeness (QED) is 0.874. The molecule has 1 aromatic carbocycles. The predicted octanol–water partition coefficient (Wildman–Crippen LogP) is 3.18. The smallest absolute Gasteiger partial charge is 0.309 e. The van der Waals surface area contributed by atoms with Crippen LogP contribution < -0.4 is 5.32 Å². The van der Waals surface area contributed by atoms with Crippen LogP contribution in [0.4, 0.5) is 13.2 Å². The van der Waals surface area contributed by atoms with Gasteiger partial charge < -0.3 is 5.32 Å². The van der Waals surface area contributed by atoms with Crippen LogP contribution >= 0.6 is 0 Å². The van der Waals surface area contributed by atoms with E-state index in [4.69, 9.17) is 0 Å². The molecule has 21 heavy (non-hydrogen) atoms. The number of hydrogen-bond acceptors (Lipinski definition) is 3. The van der Waals surface area contributed by atoms with Crippen LogP contribution in [-0.4, -0.2) is 26.5 Å².